The SMILES string of the molecule is OCc1nc(-c2ccc3nc(-c4ccccc4F)cn3c2)cs1. The van der Waals surface area contributed by atoms with Gasteiger partial charge in [0.05, 0.1) is 18.0 Å². The fourth-order valence-electron chi connectivity index (χ4n) is 2.46. The van der Waals surface area contributed by atoms with Crippen molar-refractivity contribution in [2.45, 2.75) is 6.61 Å². The molecule has 0 atom stereocenters. The van der Waals surface area contributed by atoms with Gasteiger partial charge >= 0.3 is 0 Å². The molecule has 23 heavy (non-hydrogen) atoms. The van der Waals surface area contributed by atoms with E-state index in [4.69, 9.17) is 5.11 Å². The Morgan fingerprint density at radius 3 is 2.70 bits per heavy atom. The van der Waals surface area contributed by atoms with Gasteiger partial charge in [-0.15, -0.1) is 11.3 Å². The number of aliphatic hydroxyl groups excluding tert-OH is 1. The maximum atomic E-state index is 13.9. The number of halogens is 1. The van der Waals surface area contributed by atoms with Crippen molar-refractivity contribution in [3.05, 3.63) is 65.0 Å². The Bertz CT molecular complexity index is 992. The number of hydrogen-bond donors (Lipinski definition) is 1. The molecule has 1 aromatic carbocycles. The third-order valence-electron chi connectivity index (χ3n) is 3.58. The first kappa shape index (κ1) is 14.0. The minimum atomic E-state index is -0.289. The van der Waals surface area contributed by atoms with Crippen molar-refractivity contribution in [2.75, 3.05) is 0 Å². The number of benzene rings is 1. The quantitative estimate of drug-likeness (QED) is 0.624. The highest BCUT2D eigenvalue weighted by Gasteiger charge is 2.10. The summed E-state index contributed by atoms with van der Waals surface area (Å²) in [5.41, 5.74) is 3.54. The van der Waals surface area contributed by atoms with Crippen molar-refractivity contribution < 1.29 is 9.50 Å². The molecular weight excluding hydrogens is 313 g/mol. The number of aliphatic hydroxyl groups is 1. The molecule has 4 aromatic rings. The number of rotatable bonds is 3. The van der Waals surface area contributed by atoms with Crippen molar-refractivity contribution in [2.24, 2.45) is 0 Å². The van der Waals surface area contributed by atoms with E-state index in [-0.39, 0.29) is 12.4 Å². The lowest BCUT2D eigenvalue weighted by atomic mass is 10.1. The standard InChI is InChI=1S/C17H12FN3OS/c18-13-4-2-1-3-12(13)14-8-21-7-11(5-6-16(21)19-14)15-10-23-17(9-22)20-15/h1-8,10,22H,9H2. The molecule has 114 valence electrons. The lowest BCUT2D eigenvalue weighted by molar-refractivity contribution is 0.281. The molecule has 0 saturated carbocycles. The van der Waals surface area contributed by atoms with Crippen LogP contribution in [0, 0.1) is 5.82 Å². The minimum Gasteiger partial charge on any atom is -0.389 e. The summed E-state index contributed by atoms with van der Waals surface area (Å²) in [6, 6.07) is 10.4. The summed E-state index contributed by atoms with van der Waals surface area (Å²) in [7, 11) is 0. The van der Waals surface area contributed by atoms with Gasteiger partial charge in [-0.25, -0.2) is 14.4 Å². The van der Waals surface area contributed by atoms with E-state index in [1.807, 2.05) is 28.1 Å². The Balaban J connectivity index is 1.79. The van der Waals surface area contributed by atoms with E-state index in [1.165, 1.54) is 17.4 Å². The van der Waals surface area contributed by atoms with Crippen LogP contribution in [0.3, 0.4) is 0 Å². The average Bonchev–Trinajstić information content (AvgIpc) is 3.21. The van der Waals surface area contributed by atoms with Crippen molar-refractivity contribution in [1.29, 1.82) is 0 Å². The van der Waals surface area contributed by atoms with Crippen LogP contribution in [0.4, 0.5) is 4.39 Å². The first-order valence-corrected chi connectivity index (χ1v) is 7.92. The van der Waals surface area contributed by atoms with E-state index in [1.54, 1.807) is 24.4 Å². The molecule has 0 fully saturated rings. The first-order valence-electron chi connectivity index (χ1n) is 7.04. The summed E-state index contributed by atoms with van der Waals surface area (Å²) in [4.78, 5) is 8.82. The van der Waals surface area contributed by atoms with Crippen molar-refractivity contribution in [1.82, 2.24) is 14.4 Å². The average molecular weight is 325 g/mol. The third kappa shape index (κ3) is 2.52. The number of thiazole rings is 1. The zero-order valence-electron chi connectivity index (χ0n) is 12.0. The minimum absolute atomic E-state index is 0.0601. The first-order chi connectivity index (χ1) is 11.2. The molecule has 4 nitrogen and oxygen atoms in total. The number of pyridine rings is 1. The number of fused-ring (bicyclic) bond motifs is 1. The summed E-state index contributed by atoms with van der Waals surface area (Å²) in [6.45, 7) is -0.0601. The Morgan fingerprint density at radius 2 is 1.91 bits per heavy atom. The van der Waals surface area contributed by atoms with Crippen molar-refractivity contribution in [3.63, 3.8) is 0 Å². The topological polar surface area (TPSA) is 50.4 Å². The molecule has 1 N–H and O–H groups in total. The van der Waals surface area contributed by atoms with Gasteiger partial charge in [-0.2, -0.15) is 0 Å². The predicted octanol–water partition coefficient (Wildman–Crippen LogP) is 3.76. The van der Waals surface area contributed by atoms with Crippen LogP contribution in [-0.2, 0) is 6.61 Å². The van der Waals surface area contributed by atoms with E-state index in [0.717, 1.165) is 16.9 Å². The van der Waals surface area contributed by atoms with Gasteiger partial charge in [-0.3, -0.25) is 0 Å². The molecule has 6 heteroatoms. The molecule has 0 radical (unpaired) electrons. The maximum absolute atomic E-state index is 13.9. The zero-order valence-corrected chi connectivity index (χ0v) is 12.8. The number of aromatic nitrogens is 3. The fraction of sp³-hybridized carbons (Fsp3) is 0.0588. The van der Waals surface area contributed by atoms with E-state index in [9.17, 15) is 4.39 Å². The number of hydrogen-bond acceptors (Lipinski definition) is 4. The Morgan fingerprint density at radius 1 is 1.04 bits per heavy atom. The highest BCUT2D eigenvalue weighted by Crippen LogP contribution is 2.25. The predicted molar refractivity (Wildman–Crippen MR) is 87.6 cm³/mol. The van der Waals surface area contributed by atoms with Crippen LogP contribution in [0.1, 0.15) is 5.01 Å². The molecule has 4 rings (SSSR count). The van der Waals surface area contributed by atoms with Gasteiger partial charge in [0.25, 0.3) is 0 Å². The molecule has 0 bridgehead atoms. The number of nitrogens with zero attached hydrogens (tertiary/aromatic N) is 3. The van der Waals surface area contributed by atoms with Crippen molar-refractivity contribution in [3.8, 4) is 22.5 Å². The molecule has 0 unspecified atom stereocenters. The lowest BCUT2D eigenvalue weighted by Crippen LogP contribution is -1.86. The molecule has 0 aliphatic heterocycles. The Labute approximate surface area is 135 Å². The lowest BCUT2D eigenvalue weighted by Gasteiger charge is -1.98. The highest BCUT2D eigenvalue weighted by molar-refractivity contribution is 7.09. The zero-order chi connectivity index (χ0) is 15.8. The van der Waals surface area contributed by atoms with Gasteiger partial charge in [0, 0.05) is 28.9 Å². The molecular formula is C17H12FN3OS. The van der Waals surface area contributed by atoms with Crippen LogP contribution >= 0.6 is 11.3 Å². The van der Waals surface area contributed by atoms with E-state index in [0.29, 0.717) is 16.3 Å². The Kier molecular flexibility index (Phi) is 3.40. The fourth-order valence-corrected chi connectivity index (χ4v) is 3.12. The van der Waals surface area contributed by atoms with Gasteiger partial charge in [-0.1, -0.05) is 12.1 Å². The number of imidazole rings is 1. The van der Waals surface area contributed by atoms with Gasteiger partial charge in [0.1, 0.15) is 16.5 Å². The van der Waals surface area contributed by atoms with Crippen molar-refractivity contribution >= 4 is 17.0 Å². The van der Waals surface area contributed by atoms with Crippen LogP contribution < -0.4 is 0 Å². The smallest absolute Gasteiger partial charge is 0.137 e. The van der Waals surface area contributed by atoms with Crippen LogP contribution in [0.15, 0.2) is 54.2 Å². The largest absolute Gasteiger partial charge is 0.389 e. The van der Waals surface area contributed by atoms with Crippen LogP contribution in [0.25, 0.3) is 28.2 Å². The molecule has 0 aliphatic carbocycles. The van der Waals surface area contributed by atoms with Gasteiger partial charge in [0.15, 0.2) is 0 Å². The van der Waals surface area contributed by atoms with E-state index < -0.39 is 0 Å². The second-order valence-electron chi connectivity index (χ2n) is 5.07. The van der Waals surface area contributed by atoms with E-state index >= 15 is 0 Å². The van der Waals surface area contributed by atoms with Gasteiger partial charge < -0.3 is 9.51 Å². The maximum Gasteiger partial charge on any atom is 0.137 e. The van der Waals surface area contributed by atoms with Crippen LogP contribution in [-0.4, -0.2) is 19.5 Å². The highest BCUT2D eigenvalue weighted by atomic mass is 32.1. The third-order valence-corrected chi connectivity index (χ3v) is 4.42. The second-order valence-corrected chi connectivity index (χ2v) is 6.02. The molecule has 0 aliphatic rings. The molecule has 0 saturated heterocycles. The molecule has 3 heterocycles. The second kappa shape index (κ2) is 5.57. The molecule has 3 aromatic heterocycles. The summed E-state index contributed by atoms with van der Waals surface area (Å²) in [6.07, 6.45) is 3.71. The van der Waals surface area contributed by atoms with E-state index in [2.05, 4.69) is 9.97 Å². The van der Waals surface area contributed by atoms with Gasteiger partial charge in [0.2, 0.25) is 0 Å². The summed E-state index contributed by atoms with van der Waals surface area (Å²) in [5, 5.41) is 11.7. The van der Waals surface area contributed by atoms with Gasteiger partial charge in [-0.05, 0) is 24.3 Å². The van der Waals surface area contributed by atoms with Crippen LogP contribution in [0.5, 0.6) is 0 Å². The van der Waals surface area contributed by atoms with Crippen LogP contribution in [0.2, 0.25) is 0 Å². The summed E-state index contributed by atoms with van der Waals surface area (Å²) >= 11 is 1.42. The molecule has 0 amide bonds. The monoisotopic (exact) mass is 325 g/mol. The molecule has 0 spiro atoms. The summed E-state index contributed by atoms with van der Waals surface area (Å²) < 4.78 is 15.8. The Hall–Kier alpha value is -2.57. The summed E-state index contributed by atoms with van der Waals surface area (Å²) in [5.74, 6) is -0.289. The normalized spacial score (nSPS) is 11.2.